The van der Waals surface area contributed by atoms with Gasteiger partial charge < -0.3 is 9.42 Å². The molecule has 1 rings (SSSR count). The van der Waals surface area contributed by atoms with Crippen molar-refractivity contribution in [1.29, 1.82) is 0 Å². The van der Waals surface area contributed by atoms with E-state index < -0.39 is 31.5 Å². The molecular weight excluding hydrogens is 369 g/mol. The van der Waals surface area contributed by atoms with Crippen molar-refractivity contribution in [1.82, 2.24) is 0 Å². The van der Waals surface area contributed by atoms with Crippen LogP contribution in [0.4, 0.5) is 8.78 Å². The maximum atomic E-state index is 14.3. The molecule has 0 radical (unpaired) electrons. The van der Waals surface area contributed by atoms with Gasteiger partial charge in [-0.15, -0.1) is 0 Å². The first-order valence-corrected chi connectivity index (χ1v) is 11.1. The average Bonchev–Trinajstić information content (AvgIpc) is 2.52. The molecule has 0 bridgehead atoms. The third-order valence-electron chi connectivity index (χ3n) is 4.25. The molecule has 0 amide bonds. The number of benzene rings is 1. The van der Waals surface area contributed by atoms with Crippen LogP contribution in [0.5, 0.6) is 0 Å². The molecule has 1 aromatic carbocycles. The van der Waals surface area contributed by atoms with Crippen LogP contribution in [0.3, 0.4) is 0 Å². The highest BCUT2D eigenvalue weighted by molar-refractivity contribution is 7.51. The second-order valence-corrected chi connectivity index (χ2v) is 9.03. The predicted octanol–water partition coefficient (Wildman–Crippen LogP) is 6.70. The lowest BCUT2D eigenvalue weighted by atomic mass is 10.0. The van der Waals surface area contributed by atoms with E-state index in [4.69, 9.17) is 4.52 Å². The smallest absolute Gasteiger partial charge is 0.324 e. The Hall–Kier alpha value is -1.29. The van der Waals surface area contributed by atoms with Gasteiger partial charge in [0.2, 0.25) is 0 Å². The SMILES string of the molecule is CCC(C)OP(=O)(O)Cc1cc(F)c(CC=C(C)CCC=C(C)C)c(F)c1. The predicted molar refractivity (Wildman–Crippen MR) is 107 cm³/mol. The number of hydrogen-bond donors (Lipinski definition) is 1. The molecule has 2 atom stereocenters. The lowest BCUT2D eigenvalue weighted by Gasteiger charge is -2.17. The molecule has 0 saturated carbocycles. The normalized spacial score (nSPS) is 15.3. The Kier molecular flexibility index (Phi) is 9.58. The molecule has 0 aliphatic heterocycles. The molecule has 3 nitrogen and oxygen atoms in total. The number of hydrogen-bond acceptors (Lipinski definition) is 2. The van der Waals surface area contributed by atoms with Crippen LogP contribution >= 0.6 is 7.60 Å². The third-order valence-corrected chi connectivity index (χ3v) is 5.70. The Balaban J connectivity index is 2.83. The van der Waals surface area contributed by atoms with Gasteiger partial charge in [-0.1, -0.05) is 30.2 Å². The summed E-state index contributed by atoms with van der Waals surface area (Å²) in [5.41, 5.74) is 2.40. The Morgan fingerprint density at radius 3 is 2.33 bits per heavy atom. The molecule has 2 unspecified atom stereocenters. The van der Waals surface area contributed by atoms with Crippen molar-refractivity contribution in [2.45, 2.75) is 72.6 Å². The first-order valence-electron chi connectivity index (χ1n) is 9.30. The number of allylic oxidation sites excluding steroid dienone is 4. The fraction of sp³-hybridized carbons (Fsp3) is 0.524. The maximum absolute atomic E-state index is 14.3. The number of halogens is 2. The quantitative estimate of drug-likeness (QED) is 0.351. The lowest BCUT2D eigenvalue weighted by molar-refractivity contribution is 0.185. The molecular formula is C21H31F2O3P. The van der Waals surface area contributed by atoms with Gasteiger partial charge in [0.05, 0.1) is 12.3 Å². The Bertz CT molecular complexity index is 714. The monoisotopic (exact) mass is 400 g/mol. The highest BCUT2D eigenvalue weighted by atomic mass is 31.2. The minimum absolute atomic E-state index is 0.0315. The van der Waals surface area contributed by atoms with E-state index in [0.717, 1.165) is 30.5 Å². The van der Waals surface area contributed by atoms with Gasteiger partial charge in [-0.2, -0.15) is 0 Å². The van der Waals surface area contributed by atoms with Gasteiger partial charge in [0, 0.05) is 5.56 Å². The summed E-state index contributed by atoms with van der Waals surface area (Å²) in [5, 5.41) is 0. The van der Waals surface area contributed by atoms with Crippen molar-refractivity contribution in [3.8, 4) is 0 Å². The van der Waals surface area contributed by atoms with Gasteiger partial charge in [-0.05, 0) is 71.1 Å². The van der Waals surface area contributed by atoms with Crippen molar-refractivity contribution in [2.24, 2.45) is 0 Å². The van der Waals surface area contributed by atoms with Crippen molar-refractivity contribution in [3.05, 3.63) is 58.2 Å². The molecule has 1 N–H and O–H groups in total. The second kappa shape index (κ2) is 10.9. The standard InChI is InChI=1S/C21H31F2O3P/c1-6-17(5)26-27(24,25)14-18-12-20(22)19(21(23)13-18)11-10-16(4)9-7-8-15(2)3/h8,10,12-13,17H,6-7,9,11,14H2,1-5H3,(H,24,25). The molecule has 0 aromatic heterocycles. The summed E-state index contributed by atoms with van der Waals surface area (Å²) in [6, 6.07) is 2.24. The largest absolute Gasteiger partial charge is 0.332 e. The summed E-state index contributed by atoms with van der Waals surface area (Å²) in [6.45, 7) is 9.51. The zero-order valence-electron chi connectivity index (χ0n) is 16.9. The lowest BCUT2D eigenvalue weighted by Crippen LogP contribution is -2.06. The highest BCUT2D eigenvalue weighted by Crippen LogP contribution is 2.47. The molecule has 0 heterocycles. The zero-order valence-corrected chi connectivity index (χ0v) is 17.8. The summed E-state index contributed by atoms with van der Waals surface area (Å²) >= 11 is 0. The molecule has 0 spiro atoms. The zero-order chi connectivity index (χ0) is 20.6. The fourth-order valence-electron chi connectivity index (χ4n) is 2.53. The van der Waals surface area contributed by atoms with E-state index in [1.807, 2.05) is 33.8 Å². The van der Waals surface area contributed by atoms with E-state index in [9.17, 15) is 18.2 Å². The summed E-state index contributed by atoms with van der Waals surface area (Å²) < 4.78 is 45.8. The van der Waals surface area contributed by atoms with Crippen LogP contribution in [0.15, 0.2) is 35.4 Å². The van der Waals surface area contributed by atoms with Crippen LogP contribution in [0.1, 0.15) is 65.0 Å². The van der Waals surface area contributed by atoms with E-state index >= 15 is 0 Å². The van der Waals surface area contributed by atoms with E-state index in [2.05, 4.69) is 6.08 Å². The van der Waals surface area contributed by atoms with Crippen LogP contribution in [0.25, 0.3) is 0 Å². The van der Waals surface area contributed by atoms with Crippen LogP contribution in [0.2, 0.25) is 0 Å². The van der Waals surface area contributed by atoms with Crippen LogP contribution < -0.4 is 0 Å². The second-order valence-electron chi connectivity index (χ2n) is 7.23. The van der Waals surface area contributed by atoms with E-state index in [1.54, 1.807) is 6.92 Å². The topological polar surface area (TPSA) is 46.5 Å². The average molecular weight is 400 g/mol. The third kappa shape index (κ3) is 8.96. The van der Waals surface area contributed by atoms with E-state index in [0.29, 0.717) is 6.42 Å². The summed E-state index contributed by atoms with van der Waals surface area (Å²) in [4.78, 5) is 9.89. The van der Waals surface area contributed by atoms with Crippen LogP contribution in [-0.2, 0) is 21.7 Å². The summed E-state index contributed by atoms with van der Waals surface area (Å²) in [7, 11) is -3.94. The fourth-order valence-corrected chi connectivity index (χ4v) is 3.96. The van der Waals surface area contributed by atoms with Crippen LogP contribution in [-0.4, -0.2) is 11.0 Å². The Morgan fingerprint density at radius 2 is 1.81 bits per heavy atom. The van der Waals surface area contributed by atoms with Gasteiger partial charge in [-0.3, -0.25) is 4.57 Å². The van der Waals surface area contributed by atoms with Gasteiger partial charge >= 0.3 is 7.60 Å². The molecule has 0 saturated heterocycles. The molecule has 1 aromatic rings. The Morgan fingerprint density at radius 1 is 1.22 bits per heavy atom. The first kappa shape index (κ1) is 23.7. The van der Waals surface area contributed by atoms with Crippen molar-refractivity contribution in [2.75, 3.05) is 0 Å². The molecule has 6 heteroatoms. The molecule has 152 valence electrons. The van der Waals surface area contributed by atoms with E-state index in [-0.39, 0.29) is 17.5 Å². The molecule has 0 aliphatic carbocycles. The van der Waals surface area contributed by atoms with Crippen molar-refractivity contribution >= 4 is 7.60 Å². The van der Waals surface area contributed by atoms with Gasteiger partial charge in [0.15, 0.2) is 0 Å². The molecule has 0 fully saturated rings. The minimum Gasteiger partial charge on any atom is -0.324 e. The Labute approximate surface area is 161 Å². The summed E-state index contributed by atoms with van der Waals surface area (Å²) in [5.74, 6) is -1.41. The molecule has 0 aliphatic rings. The first-order chi connectivity index (χ1) is 12.5. The van der Waals surface area contributed by atoms with Gasteiger partial charge in [0.1, 0.15) is 11.6 Å². The minimum atomic E-state index is -3.94. The highest BCUT2D eigenvalue weighted by Gasteiger charge is 2.24. The van der Waals surface area contributed by atoms with Gasteiger partial charge in [-0.25, -0.2) is 8.78 Å². The van der Waals surface area contributed by atoms with Crippen LogP contribution in [0, 0.1) is 11.6 Å². The number of rotatable bonds is 10. The van der Waals surface area contributed by atoms with Crippen molar-refractivity contribution < 1.29 is 22.8 Å². The summed E-state index contributed by atoms with van der Waals surface area (Å²) in [6.07, 6.45) is 5.61. The van der Waals surface area contributed by atoms with Gasteiger partial charge in [0.25, 0.3) is 0 Å². The van der Waals surface area contributed by atoms with Crippen molar-refractivity contribution in [3.63, 3.8) is 0 Å². The molecule has 27 heavy (non-hydrogen) atoms. The maximum Gasteiger partial charge on any atom is 0.332 e. The van der Waals surface area contributed by atoms with E-state index in [1.165, 1.54) is 5.57 Å².